The fraction of sp³-hybridized carbons (Fsp3) is 0.600. The predicted molar refractivity (Wildman–Crippen MR) is 183 cm³/mol. The number of primary amides is 3. The van der Waals surface area contributed by atoms with Crippen LogP contribution < -0.4 is 28.3 Å². The third kappa shape index (κ3) is 12.3. The van der Waals surface area contributed by atoms with E-state index in [9.17, 15) is 19.2 Å². The Morgan fingerprint density at radius 2 is 1.48 bits per heavy atom. The normalized spacial score (nSPS) is 22.4. The number of nitrogens with two attached hydrogens (primary N) is 4. The van der Waals surface area contributed by atoms with Crippen LogP contribution in [0, 0.1) is 0 Å². The van der Waals surface area contributed by atoms with E-state index < -0.39 is 17.7 Å². The van der Waals surface area contributed by atoms with E-state index in [0.29, 0.717) is 37.7 Å². The maximum absolute atomic E-state index is 13.3. The number of carbonyl (C=O) groups is 5. The molecule has 3 saturated heterocycles. The molecular weight excluding hydrogens is 642 g/mol. The van der Waals surface area contributed by atoms with Crippen LogP contribution in [0.1, 0.15) is 25.3 Å². The number of hydrogen-bond acceptors (Lipinski definition) is 11. The summed E-state index contributed by atoms with van der Waals surface area (Å²) in [6.45, 7) is 5.70. The Balaban J connectivity index is 0.00000201. The Morgan fingerprint density at radius 1 is 0.938 bits per heavy atom. The fourth-order valence-electron chi connectivity index (χ4n) is 6.02. The molecule has 3 heterocycles. The van der Waals surface area contributed by atoms with Gasteiger partial charge in [0.25, 0.3) is 12.4 Å². The van der Waals surface area contributed by atoms with Gasteiger partial charge in [0, 0.05) is 63.1 Å². The monoisotopic (exact) mass is 691 g/mol. The van der Waals surface area contributed by atoms with Gasteiger partial charge in [0.1, 0.15) is 0 Å². The summed E-state index contributed by atoms with van der Waals surface area (Å²) in [5.41, 5.74) is 24.7. The molecule has 18 heteroatoms. The number of fused-ring (bicyclic) bond motifs is 2. The summed E-state index contributed by atoms with van der Waals surface area (Å²) in [6.07, 6.45) is 2.34. The Morgan fingerprint density at radius 3 is 2.06 bits per heavy atom. The van der Waals surface area contributed by atoms with Crippen LogP contribution in [-0.4, -0.2) is 160 Å². The average Bonchev–Trinajstić information content (AvgIpc) is 3.38. The number of nitrogens with one attached hydrogen (secondary N) is 1. The second-order valence-corrected chi connectivity index (χ2v) is 13.1. The van der Waals surface area contributed by atoms with Crippen molar-refractivity contribution in [3.63, 3.8) is 0 Å². The molecule has 3 aliphatic rings. The Kier molecular flexibility index (Phi) is 14.4. The van der Waals surface area contributed by atoms with Gasteiger partial charge >= 0.3 is 0 Å². The molecule has 0 aromatic heterocycles. The van der Waals surface area contributed by atoms with Crippen LogP contribution in [-0.2, 0) is 30.4 Å². The van der Waals surface area contributed by atoms with Crippen molar-refractivity contribution >= 4 is 53.1 Å². The number of hydrazine groups is 1. The minimum Gasteiger partial charge on any atom is -0.483 e. The molecule has 3 aliphatic heterocycles. The molecule has 10 N–H and O–H groups in total. The summed E-state index contributed by atoms with van der Waals surface area (Å²) >= 11 is 5.65. The van der Waals surface area contributed by atoms with Crippen molar-refractivity contribution in [3.05, 3.63) is 29.8 Å². The zero-order chi connectivity index (χ0) is 35.4. The number of rotatable bonds is 9. The van der Waals surface area contributed by atoms with E-state index in [1.165, 1.54) is 0 Å². The minimum atomic E-state index is -0.565. The van der Waals surface area contributed by atoms with E-state index in [4.69, 9.17) is 45.1 Å². The lowest BCUT2D eigenvalue weighted by Crippen LogP contribution is -2.54. The Bertz CT molecular complexity index is 1290. The van der Waals surface area contributed by atoms with Gasteiger partial charge in [0.2, 0.25) is 17.7 Å². The largest absolute Gasteiger partial charge is 0.483 e. The van der Waals surface area contributed by atoms with Crippen molar-refractivity contribution in [2.75, 3.05) is 84.0 Å². The zero-order valence-electron chi connectivity index (χ0n) is 27.5. The van der Waals surface area contributed by atoms with Gasteiger partial charge < -0.3 is 38.3 Å². The summed E-state index contributed by atoms with van der Waals surface area (Å²) in [4.78, 5) is 65.4. The summed E-state index contributed by atoms with van der Waals surface area (Å²) in [6, 6.07) is 7.84. The lowest BCUT2D eigenvalue weighted by molar-refractivity contribution is -0.146. The van der Waals surface area contributed by atoms with Crippen LogP contribution in [0.4, 0.5) is 5.69 Å². The van der Waals surface area contributed by atoms with Crippen molar-refractivity contribution in [3.8, 4) is 0 Å². The molecule has 0 spiro atoms. The van der Waals surface area contributed by atoms with E-state index in [1.807, 2.05) is 34.1 Å². The van der Waals surface area contributed by atoms with Gasteiger partial charge in [-0.25, -0.2) is 5.01 Å². The van der Waals surface area contributed by atoms with Crippen LogP contribution in [0.25, 0.3) is 0 Å². The van der Waals surface area contributed by atoms with Crippen molar-refractivity contribution in [2.24, 2.45) is 22.9 Å². The topological polar surface area (TPSA) is 241 Å². The summed E-state index contributed by atoms with van der Waals surface area (Å²) in [5, 5.41) is 14.1. The summed E-state index contributed by atoms with van der Waals surface area (Å²) < 4.78 is 0. The molecule has 4 rings (SSSR count). The highest BCUT2D eigenvalue weighted by molar-refractivity contribution is 7.80. The van der Waals surface area contributed by atoms with Gasteiger partial charge in [-0.15, -0.1) is 0 Å². The quantitative estimate of drug-likeness (QED) is 0.113. The molecule has 3 fully saturated rings. The fourth-order valence-corrected chi connectivity index (χ4v) is 6.33. The summed E-state index contributed by atoms with van der Waals surface area (Å²) in [5.74, 6) is -1.70. The van der Waals surface area contributed by atoms with Gasteiger partial charge in [0.15, 0.2) is 5.11 Å². The van der Waals surface area contributed by atoms with Crippen LogP contribution in [0.5, 0.6) is 0 Å². The van der Waals surface area contributed by atoms with Gasteiger partial charge in [-0.1, -0.05) is 12.1 Å². The highest BCUT2D eigenvalue weighted by Crippen LogP contribution is 2.22. The first-order chi connectivity index (χ1) is 22.7. The second kappa shape index (κ2) is 18.0. The molecule has 0 saturated carbocycles. The molecule has 0 radical (unpaired) electrons. The highest BCUT2D eigenvalue weighted by atomic mass is 32.1. The lowest BCUT2D eigenvalue weighted by Gasteiger charge is -2.38. The molecule has 1 aromatic rings. The molecule has 2 bridgehead atoms. The standard InChI is InChI=1S/C29H47N11O4S.CH2O2/c1-29(33)6-8-37(9-7-29)28(45)34-22-4-2-21(3-5-22)14-23-15-36(17-25(31)42)11-10-35(16-24(30)41)12-13-39(18-26(32)43)40-20-38(23)19-27(40)44;2-1-3/h2-5,23H,6-20,33H2,1H3,(H2,30,41)(H2,31,42)(H2,32,43)(H,34,45);1H,(H,2,3). The van der Waals surface area contributed by atoms with Crippen molar-refractivity contribution < 1.29 is 29.1 Å². The van der Waals surface area contributed by atoms with Crippen LogP contribution in [0.3, 0.4) is 0 Å². The number of amides is 4. The Labute approximate surface area is 286 Å². The molecular formula is C30H49N11O6S. The number of hydrogen-bond donors (Lipinski definition) is 6. The number of nitrogens with zero attached hydrogens (tertiary/aromatic N) is 6. The molecule has 17 nitrogen and oxygen atoms in total. The lowest BCUT2D eigenvalue weighted by atomic mass is 9.91. The first-order valence-electron chi connectivity index (χ1n) is 15.8. The molecule has 48 heavy (non-hydrogen) atoms. The number of thiocarbonyl (C=S) groups is 1. The van der Waals surface area contributed by atoms with E-state index in [0.717, 1.165) is 37.2 Å². The van der Waals surface area contributed by atoms with E-state index in [1.54, 1.807) is 10.0 Å². The van der Waals surface area contributed by atoms with E-state index in [-0.39, 0.29) is 63.4 Å². The van der Waals surface area contributed by atoms with Crippen LogP contribution in [0.2, 0.25) is 0 Å². The van der Waals surface area contributed by atoms with E-state index in [2.05, 4.69) is 22.0 Å². The van der Waals surface area contributed by atoms with Crippen LogP contribution in [0.15, 0.2) is 24.3 Å². The molecule has 1 aromatic carbocycles. The third-order valence-corrected chi connectivity index (χ3v) is 9.00. The molecule has 0 aliphatic carbocycles. The number of piperidine rings is 1. The van der Waals surface area contributed by atoms with E-state index >= 15 is 0 Å². The Hall–Kier alpha value is -3.94. The van der Waals surface area contributed by atoms with Crippen molar-refractivity contribution in [1.29, 1.82) is 0 Å². The van der Waals surface area contributed by atoms with Crippen molar-refractivity contribution in [2.45, 2.75) is 37.8 Å². The highest BCUT2D eigenvalue weighted by Gasteiger charge is 2.37. The molecule has 4 amide bonds. The van der Waals surface area contributed by atoms with Gasteiger partial charge in [-0.05, 0) is 56.1 Å². The molecule has 266 valence electrons. The smallest absolute Gasteiger partial charge is 0.290 e. The van der Waals surface area contributed by atoms with Gasteiger partial charge in [-0.3, -0.25) is 43.7 Å². The zero-order valence-corrected chi connectivity index (χ0v) is 28.3. The maximum Gasteiger partial charge on any atom is 0.290 e. The molecule has 2 atom stereocenters. The molecule has 2 unspecified atom stereocenters. The number of anilines is 1. The number of benzene rings is 1. The van der Waals surface area contributed by atoms with Gasteiger partial charge in [-0.2, -0.15) is 0 Å². The third-order valence-electron chi connectivity index (χ3n) is 8.64. The minimum absolute atomic E-state index is 0.00763. The SMILES string of the molecule is CC1(N)CCN(C(=S)Nc2ccc(CC3CN(CC(N)=O)CCN(CC(N)=O)CCN(CC(N)=O)N4CN3CC4=O)cc2)CC1.O=CO. The summed E-state index contributed by atoms with van der Waals surface area (Å²) in [7, 11) is 0. The predicted octanol–water partition coefficient (Wildman–Crippen LogP) is -2.80. The maximum atomic E-state index is 13.3. The second-order valence-electron chi connectivity index (χ2n) is 12.7. The average molecular weight is 692 g/mol. The number of carboxylic acid groups (broad SMARTS) is 1. The van der Waals surface area contributed by atoms with Gasteiger partial charge in [0.05, 0.1) is 32.8 Å². The number of likely N-dealkylation sites (tertiary alicyclic amines) is 1. The van der Waals surface area contributed by atoms with Crippen LogP contribution >= 0.6 is 12.2 Å². The number of carbonyl (C=O) groups excluding carboxylic acids is 4. The first-order valence-corrected chi connectivity index (χ1v) is 16.2. The first kappa shape index (κ1) is 38.5. The van der Waals surface area contributed by atoms with Crippen molar-refractivity contribution in [1.82, 2.24) is 29.6 Å².